The molecule has 0 saturated carbocycles. The molecule has 0 radical (unpaired) electrons. The SMILES string of the molecule is O=C(O)C=CC(=O)C1=C(O)c2ccccc2C(=O)C1=O. The van der Waals surface area contributed by atoms with Gasteiger partial charge in [0.2, 0.25) is 11.6 Å². The summed E-state index contributed by atoms with van der Waals surface area (Å²) in [5.41, 5.74) is -0.635. The summed E-state index contributed by atoms with van der Waals surface area (Å²) in [6, 6.07) is 5.81. The zero-order valence-electron chi connectivity index (χ0n) is 9.99. The molecular formula is C14H8O6. The molecule has 20 heavy (non-hydrogen) atoms. The van der Waals surface area contributed by atoms with Crippen molar-refractivity contribution in [3.05, 3.63) is 53.1 Å². The summed E-state index contributed by atoms with van der Waals surface area (Å²) in [5.74, 6) is -5.09. The largest absolute Gasteiger partial charge is 0.506 e. The first kappa shape index (κ1) is 13.4. The van der Waals surface area contributed by atoms with E-state index in [-0.39, 0.29) is 11.1 Å². The topological polar surface area (TPSA) is 109 Å². The fourth-order valence-corrected chi connectivity index (χ4v) is 1.82. The van der Waals surface area contributed by atoms with E-state index < -0.39 is 34.7 Å². The van der Waals surface area contributed by atoms with E-state index in [0.29, 0.717) is 12.2 Å². The molecule has 0 saturated heterocycles. The van der Waals surface area contributed by atoms with Crippen LogP contribution < -0.4 is 0 Å². The predicted octanol–water partition coefficient (Wildman–Crippen LogP) is 0.931. The molecule has 0 aliphatic heterocycles. The predicted molar refractivity (Wildman–Crippen MR) is 67.1 cm³/mol. The molecule has 0 amide bonds. The molecule has 6 nitrogen and oxygen atoms in total. The number of Topliss-reactive ketones (excluding diaryl/α,β-unsaturated/α-hetero) is 2. The van der Waals surface area contributed by atoms with Gasteiger partial charge in [-0.15, -0.1) is 0 Å². The molecule has 1 aromatic carbocycles. The van der Waals surface area contributed by atoms with Gasteiger partial charge in [0.05, 0.1) is 0 Å². The Morgan fingerprint density at radius 2 is 1.55 bits per heavy atom. The van der Waals surface area contributed by atoms with Gasteiger partial charge in [-0.25, -0.2) is 4.79 Å². The molecule has 1 aromatic rings. The number of hydrogen-bond donors (Lipinski definition) is 2. The summed E-state index contributed by atoms with van der Waals surface area (Å²) in [5, 5.41) is 18.4. The molecule has 2 rings (SSSR count). The van der Waals surface area contributed by atoms with Crippen LogP contribution in [0.1, 0.15) is 15.9 Å². The lowest BCUT2D eigenvalue weighted by atomic mass is 9.86. The number of aliphatic carboxylic acids is 1. The van der Waals surface area contributed by atoms with Gasteiger partial charge in [0.1, 0.15) is 11.3 Å². The molecule has 6 heteroatoms. The fraction of sp³-hybridized carbons (Fsp3) is 0. The van der Waals surface area contributed by atoms with Gasteiger partial charge < -0.3 is 10.2 Å². The van der Waals surface area contributed by atoms with Crippen LogP contribution in [0.5, 0.6) is 0 Å². The number of benzene rings is 1. The minimum Gasteiger partial charge on any atom is -0.506 e. The Hall–Kier alpha value is -3.02. The lowest BCUT2D eigenvalue weighted by molar-refractivity contribution is -0.131. The van der Waals surface area contributed by atoms with Gasteiger partial charge in [-0.1, -0.05) is 24.3 Å². The molecule has 100 valence electrons. The first-order chi connectivity index (χ1) is 9.43. The highest BCUT2D eigenvalue weighted by Gasteiger charge is 2.35. The van der Waals surface area contributed by atoms with E-state index in [2.05, 4.69) is 0 Å². The van der Waals surface area contributed by atoms with Crippen LogP contribution in [0.2, 0.25) is 0 Å². The van der Waals surface area contributed by atoms with Gasteiger partial charge in [-0.2, -0.15) is 0 Å². The summed E-state index contributed by atoms with van der Waals surface area (Å²) in [6.45, 7) is 0. The molecule has 0 spiro atoms. The highest BCUT2D eigenvalue weighted by Crippen LogP contribution is 2.28. The molecule has 0 aromatic heterocycles. The van der Waals surface area contributed by atoms with Gasteiger partial charge in [0.25, 0.3) is 0 Å². The van der Waals surface area contributed by atoms with Crippen LogP contribution in [0.25, 0.3) is 5.76 Å². The van der Waals surface area contributed by atoms with E-state index >= 15 is 0 Å². The smallest absolute Gasteiger partial charge is 0.328 e. The summed E-state index contributed by atoms with van der Waals surface area (Å²) in [6.07, 6.45) is 1.15. The van der Waals surface area contributed by atoms with Crippen molar-refractivity contribution in [2.75, 3.05) is 0 Å². The normalized spacial score (nSPS) is 14.6. The maximum Gasteiger partial charge on any atom is 0.328 e. The Labute approximate surface area is 112 Å². The van der Waals surface area contributed by atoms with Crippen molar-refractivity contribution in [1.82, 2.24) is 0 Å². The summed E-state index contributed by atoms with van der Waals surface area (Å²) >= 11 is 0. The lowest BCUT2D eigenvalue weighted by Crippen LogP contribution is -2.27. The third-order valence-corrected chi connectivity index (χ3v) is 2.72. The molecule has 1 aliphatic rings. The van der Waals surface area contributed by atoms with Gasteiger partial charge in [-0.05, 0) is 6.08 Å². The van der Waals surface area contributed by atoms with Gasteiger partial charge >= 0.3 is 5.97 Å². The third kappa shape index (κ3) is 2.14. The molecule has 2 N–H and O–H groups in total. The van der Waals surface area contributed by atoms with Crippen LogP contribution in [0, 0.1) is 0 Å². The maximum absolute atomic E-state index is 11.8. The number of fused-ring (bicyclic) bond motifs is 1. The number of ketones is 3. The fourth-order valence-electron chi connectivity index (χ4n) is 1.82. The number of carboxylic acid groups (broad SMARTS) is 1. The van der Waals surface area contributed by atoms with Gasteiger partial charge in [-0.3, -0.25) is 14.4 Å². The average molecular weight is 272 g/mol. The second kappa shape index (κ2) is 4.93. The first-order valence-electron chi connectivity index (χ1n) is 5.50. The van der Waals surface area contributed by atoms with Crippen LogP contribution in [0.3, 0.4) is 0 Å². The summed E-state index contributed by atoms with van der Waals surface area (Å²) < 4.78 is 0. The van der Waals surface area contributed by atoms with Crippen molar-refractivity contribution >= 4 is 29.1 Å². The van der Waals surface area contributed by atoms with Crippen molar-refractivity contribution < 1.29 is 29.4 Å². The second-order valence-electron chi connectivity index (χ2n) is 3.96. The maximum atomic E-state index is 11.8. The third-order valence-electron chi connectivity index (χ3n) is 2.72. The molecule has 0 atom stereocenters. The Balaban J connectivity index is 2.58. The lowest BCUT2D eigenvalue weighted by Gasteiger charge is -2.15. The highest BCUT2D eigenvalue weighted by atomic mass is 16.4. The Morgan fingerprint density at radius 3 is 2.15 bits per heavy atom. The standard InChI is InChI=1S/C14H8O6/c15-9(5-6-10(16)17)11-12(18)7-3-1-2-4-8(7)13(19)14(11)20/h1-6,18H,(H,16,17). The van der Waals surface area contributed by atoms with Crippen molar-refractivity contribution in [2.24, 2.45) is 0 Å². The van der Waals surface area contributed by atoms with Crippen molar-refractivity contribution in [3.8, 4) is 0 Å². The first-order valence-corrected chi connectivity index (χ1v) is 5.50. The Morgan fingerprint density at radius 1 is 0.950 bits per heavy atom. The minimum atomic E-state index is -1.38. The molecule has 0 bridgehead atoms. The number of aliphatic hydroxyl groups excluding tert-OH is 1. The quantitative estimate of drug-likeness (QED) is 0.481. The van der Waals surface area contributed by atoms with Crippen LogP contribution in [-0.2, 0) is 14.4 Å². The number of aliphatic hydroxyl groups is 1. The van der Waals surface area contributed by atoms with Crippen LogP contribution in [0.4, 0.5) is 0 Å². The zero-order valence-corrected chi connectivity index (χ0v) is 9.99. The van der Waals surface area contributed by atoms with E-state index in [9.17, 15) is 24.3 Å². The Bertz CT molecular complexity index is 708. The van der Waals surface area contributed by atoms with Crippen LogP contribution in [0.15, 0.2) is 42.0 Å². The number of carbonyl (C=O) groups excluding carboxylic acids is 3. The number of hydrogen-bond acceptors (Lipinski definition) is 5. The monoisotopic (exact) mass is 272 g/mol. The minimum absolute atomic E-state index is 0.00811. The number of allylic oxidation sites excluding steroid dienone is 2. The van der Waals surface area contributed by atoms with Crippen LogP contribution in [-0.4, -0.2) is 33.5 Å². The summed E-state index contributed by atoms with van der Waals surface area (Å²) in [4.78, 5) is 45.7. The summed E-state index contributed by atoms with van der Waals surface area (Å²) in [7, 11) is 0. The van der Waals surface area contributed by atoms with E-state index in [1.807, 2.05) is 0 Å². The molecular weight excluding hydrogens is 264 g/mol. The second-order valence-corrected chi connectivity index (χ2v) is 3.96. The average Bonchev–Trinajstić information content (AvgIpc) is 2.43. The highest BCUT2D eigenvalue weighted by molar-refractivity contribution is 6.58. The van der Waals surface area contributed by atoms with E-state index in [0.717, 1.165) is 0 Å². The van der Waals surface area contributed by atoms with Crippen molar-refractivity contribution in [1.29, 1.82) is 0 Å². The van der Waals surface area contributed by atoms with Crippen LogP contribution >= 0.6 is 0 Å². The van der Waals surface area contributed by atoms with Crippen molar-refractivity contribution in [3.63, 3.8) is 0 Å². The number of carboxylic acids is 1. The zero-order chi connectivity index (χ0) is 14.9. The van der Waals surface area contributed by atoms with Crippen molar-refractivity contribution in [2.45, 2.75) is 0 Å². The number of carbonyl (C=O) groups is 4. The molecule has 0 heterocycles. The van der Waals surface area contributed by atoms with Gasteiger partial charge in [0.15, 0.2) is 5.78 Å². The molecule has 0 unspecified atom stereocenters. The van der Waals surface area contributed by atoms with Gasteiger partial charge in [0, 0.05) is 17.2 Å². The number of rotatable bonds is 3. The molecule has 1 aliphatic carbocycles. The van der Waals surface area contributed by atoms with E-state index in [1.54, 1.807) is 0 Å². The molecule has 0 fully saturated rings. The van der Waals surface area contributed by atoms with E-state index in [1.165, 1.54) is 24.3 Å². The Kier molecular flexibility index (Phi) is 3.30. The van der Waals surface area contributed by atoms with E-state index in [4.69, 9.17) is 5.11 Å².